The van der Waals surface area contributed by atoms with E-state index in [-0.39, 0.29) is 0 Å². The molecule has 0 N–H and O–H groups in total. The molecule has 0 fully saturated rings. The zero-order chi connectivity index (χ0) is 13.4. The van der Waals surface area contributed by atoms with Crippen LogP contribution in [0.5, 0.6) is 0 Å². The summed E-state index contributed by atoms with van der Waals surface area (Å²) in [4.78, 5) is 0. The Bertz CT molecular complexity index is 286. The molecular weight excluding hydrogens is 216 g/mol. The molecule has 0 saturated carbocycles. The first-order chi connectivity index (χ1) is 8.74. The van der Waals surface area contributed by atoms with Gasteiger partial charge < -0.3 is 0 Å². The van der Waals surface area contributed by atoms with E-state index in [9.17, 15) is 0 Å². The first-order valence-corrected chi connectivity index (χ1v) is 7.81. The van der Waals surface area contributed by atoms with Gasteiger partial charge in [0, 0.05) is 0 Å². The lowest BCUT2D eigenvalue weighted by atomic mass is 9.87. The summed E-state index contributed by atoms with van der Waals surface area (Å²) >= 11 is 0. The van der Waals surface area contributed by atoms with E-state index in [4.69, 9.17) is 0 Å². The normalized spacial score (nSPS) is 11.4. The van der Waals surface area contributed by atoms with E-state index in [0.717, 1.165) is 11.8 Å². The fourth-order valence-corrected chi connectivity index (χ4v) is 2.73. The van der Waals surface area contributed by atoms with Crippen LogP contribution in [0.3, 0.4) is 0 Å². The standard InChI is InChI=1S/C18H30/c1-5-15(6-2)13-17-11-9-10-12-18(17)14-16(7-3)8-4/h9-12,15-16H,5-8,13-14H2,1-4H3. The predicted octanol–water partition coefficient (Wildman–Crippen LogP) is 5.64. The highest BCUT2D eigenvalue weighted by Crippen LogP contribution is 2.23. The summed E-state index contributed by atoms with van der Waals surface area (Å²) in [6.45, 7) is 9.27. The zero-order valence-electron chi connectivity index (χ0n) is 12.7. The van der Waals surface area contributed by atoms with E-state index >= 15 is 0 Å². The first-order valence-electron chi connectivity index (χ1n) is 7.81. The van der Waals surface area contributed by atoms with Gasteiger partial charge in [-0.25, -0.2) is 0 Å². The van der Waals surface area contributed by atoms with Gasteiger partial charge in [0.25, 0.3) is 0 Å². The van der Waals surface area contributed by atoms with Crippen molar-refractivity contribution in [3.63, 3.8) is 0 Å². The van der Waals surface area contributed by atoms with E-state index in [2.05, 4.69) is 52.0 Å². The van der Waals surface area contributed by atoms with Crippen LogP contribution in [-0.4, -0.2) is 0 Å². The van der Waals surface area contributed by atoms with Gasteiger partial charge in [0.1, 0.15) is 0 Å². The third-order valence-electron chi connectivity index (χ3n) is 4.44. The monoisotopic (exact) mass is 246 g/mol. The summed E-state index contributed by atoms with van der Waals surface area (Å²) in [5, 5.41) is 0. The van der Waals surface area contributed by atoms with Crippen molar-refractivity contribution in [1.29, 1.82) is 0 Å². The van der Waals surface area contributed by atoms with E-state index in [1.165, 1.54) is 38.5 Å². The molecule has 0 aliphatic heterocycles. The molecule has 0 aromatic heterocycles. The van der Waals surface area contributed by atoms with Crippen molar-refractivity contribution in [2.45, 2.75) is 66.2 Å². The second-order valence-corrected chi connectivity index (χ2v) is 5.54. The molecule has 18 heavy (non-hydrogen) atoms. The molecule has 102 valence electrons. The smallest absolute Gasteiger partial charge is 0.0248 e. The van der Waals surface area contributed by atoms with Crippen LogP contribution in [0.1, 0.15) is 64.5 Å². The fourth-order valence-electron chi connectivity index (χ4n) is 2.73. The molecule has 0 nitrogen and oxygen atoms in total. The molecule has 0 radical (unpaired) electrons. The second kappa shape index (κ2) is 8.34. The van der Waals surface area contributed by atoms with E-state index < -0.39 is 0 Å². The Hall–Kier alpha value is -0.780. The van der Waals surface area contributed by atoms with E-state index in [1.807, 2.05) is 0 Å². The quantitative estimate of drug-likeness (QED) is 0.556. The van der Waals surface area contributed by atoms with Gasteiger partial charge in [0.2, 0.25) is 0 Å². The minimum absolute atomic E-state index is 0.854. The average molecular weight is 246 g/mol. The van der Waals surface area contributed by atoms with E-state index in [1.54, 1.807) is 11.1 Å². The van der Waals surface area contributed by atoms with Gasteiger partial charge in [-0.2, -0.15) is 0 Å². The van der Waals surface area contributed by atoms with Gasteiger partial charge in [0.15, 0.2) is 0 Å². The van der Waals surface area contributed by atoms with Crippen LogP contribution < -0.4 is 0 Å². The van der Waals surface area contributed by atoms with Crippen LogP contribution in [0, 0.1) is 11.8 Å². The Morgan fingerprint density at radius 2 is 1.00 bits per heavy atom. The Morgan fingerprint density at radius 1 is 0.667 bits per heavy atom. The number of benzene rings is 1. The van der Waals surface area contributed by atoms with Gasteiger partial charge in [-0.1, -0.05) is 77.6 Å². The van der Waals surface area contributed by atoms with Crippen molar-refractivity contribution in [2.75, 3.05) is 0 Å². The largest absolute Gasteiger partial charge is 0.0651 e. The first kappa shape index (κ1) is 15.3. The summed E-state index contributed by atoms with van der Waals surface area (Å²) in [6.07, 6.45) is 7.74. The molecule has 0 aliphatic rings. The highest BCUT2D eigenvalue weighted by Gasteiger charge is 2.11. The summed E-state index contributed by atoms with van der Waals surface area (Å²) < 4.78 is 0. The molecule has 0 unspecified atom stereocenters. The molecule has 0 heteroatoms. The summed E-state index contributed by atoms with van der Waals surface area (Å²) in [7, 11) is 0. The molecule has 0 atom stereocenters. The molecule has 0 aliphatic carbocycles. The minimum atomic E-state index is 0.854. The zero-order valence-corrected chi connectivity index (χ0v) is 12.7. The van der Waals surface area contributed by atoms with Gasteiger partial charge in [-0.3, -0.25) is 0 Å². The molecule has 1 rings (SSSR count). The summed E-state index contributed by atoms with van der Waals surface area (Å²) in [6, 6.07) is 9.09. The highest BCUT2D eigenvalue weighted by atomic mass is 14.2. The molecule has 1 aromatic carbocycles. The average Bonchev–Trinajstić information content (AvgIpc) is 2.43. The molecule has 0 spiro atoms. The van der Waals surface area contributed by atoms with Crippen LogP contribution in [0.2, 0.25) is 0 Å². The molecule has 0 amide bonds. The van der Waals surface area contributed by atoms with Crippen LogP contribution in [0.25, 0.3) is 0 Å². The van der Waals surface area contributed by atoms with Crippen molar-refractivity contribution in [1.82, 2.24) is 0 Å². The lowest BCUT2D eigenvalue weighted by Crippen LogP contribution is -2.08. The van der Waals surface area contributed by atoms with Gasteiger partial charge in [0.05, 0.1) is 0 Å². The SMILES string of the molecule is CCC(CC)Cc1ccccc1CC(CC)CC. The Labute approximate surface area is 114 Å². The third-order valence-corrected chi connectivity index (χ3v) is 4.44. The maximum absolute atomic E-state index is 2.34. The summed E-state index contributed by atoms with van der Waals surface area (Å²) in [5.74, 6) is 1.71. The topological polar surface area (TPSA) is 0 Å². The van der Waals surface area contributed by atoms with Crippen LogP contribution >= 0.6 is 0 Å². The lowest BCUT2D eigenvalue weighted by molar-refractivity contribution is 0.472. The maximum atomic E-state index is 2.34. The molecule has 0 bridgehead atoms. The van der Waals surface area contributed by atoms with Crippen LogP contribution in [-0.2, 0) is 12.8 Å². The molecule has 0 heterocycles. The fraction of sp³-hybridized carbons (Fsp3) is 0.667. The van der Waals surface area contributed by atoms with Crippen LogP contribution in [0.4, 0.5) is 0 Å². The Balaban J connectivity index is 2.78. The molecular formula is C18H30. The Kier molecular flexibility index (Phi) is 7.08. The van der Waals surface area contributed by atoms with Crippen molar-refractivity contribution in [2.24, 2.45) is 11.8 Å². The van der Waals surface area contributed by atoms with Gasteiger partial charge >= 0.3 is 0 Å². The Morgan fingerprint density at radius 3 is 1.28 bits per heavy atom. The number of hydrogen-bond acceptors (Lipinski definition) is 0. The number of rotatable bonds is 8. The maximum Gasteiger partial charge on any atom is -0.0248 e. The van der Waals surface area contributed by atoms with E-state index in [0.29, 0.717) is 0 Å². The van der Waals surface area contributed by atoms with Gasteiger partial charge in [-0.05, 0) is 35.8 Å². The van der Waals surface area contributed by atoms with Crippen LogP contribution in [0.15, 0.2) is 24.3 Å². The van der Waals surface area contributed by atoms with Crippen molar-refractivity contribution in [3.05, 3.63) is 35.4 Å². The van der Waals surface area contributed by atoms with Crippen molar-refractivity contribution >= 4 is 0 Å². The highest BCUT2D eigenvalue weighted by molar-refractivity contribution is 5.28. The van der Waals surface area contributed by atoms with Gasteiger partial charge in [-0.15, -0.1) is 0 Å². The third kappa shape index (κ3) is 4.48. The second-order valence-electron chi connectivity index (χ2n) is 5.54. The van der Waals surface area contributed by atoms with Crippen molar-refractivity contribution in [3.8, 4) is 0 Å². The minimum Gasteiger partial charge on any atom is -0.0651 e. The number of hydrogen-bond donors (Lipinski definition) is 0. The lowest BCUT2D eigenvalue weighted by Gasteiger charge is -2.18. The predicted molar refractivity (Wildman–Crippen MR) is 82.0 cm³/mol. The molecule has 1 aromatic rings. The molecule has 0 saturated heterocycles. The van der Waals surface area contributed by atoms with Crippen molar-refractivity contribution < 1.29 is 0 Å². The summed E-state index contributed by atoms with van der Waals surface area (Å²) in [5.41, 5.74) is 3.19.